The Morgan fingerprint density at radius 2 is 1.93 bits per heavy atom. The van der Waals surface area contributed by atoms with Crippen LogP contribution in [0.1, 0.15) is 56.3 Å². The van der Waals surface area contributed by atoms with Crippen molar-refractivity contribution in [1.29, 1.82) is 0 Å². The molecule has 0 bridgehead atoms. The molecule has 0 saturated carbocycles. The van der Waals surface area contributed by atoms with Crippen molar-refractivity contribution in [2.45, 2.75) is 52.0 Å². The fourth-order valence-electron chi connectivity index (χ4n) is 4.27. The van der Waals surface area contributed by atoms with Crippen LogP contribution < -0.4 is 10.2 Å². The summed E-state index contributed by atoms with van der Waals surface area (Å²) in [7, 11) is 2.01. The number of ketones is 1. The number of hydrogen-bond donors (Lipinski definition) is 1. The smallest absolute Gasteiger partial charge is 0.255 e. The van der Waals surface area contributed by atoms with Crippen molar-refractivity contribution in [3.63, 3.8) is 0 Å². The van der Waals surface area contributed by atoms with Crippen LogP contribution >= 0.6 is 0 Å². The molecule has 0 spiro atoms. The molecule has 2 aliphatic heterocycles. The van der Waals surface area contributed by atoms with Crippen molar-refractivity contribution in [2.75, 3.05) is 38.1 Å². The largest absolute Gasteiger partial charge is 0.357 e. The first-order chi connectivity index (χ1) is 13.5. The SMILES string of the molecule is CNC1CCN(c2ccc(C(=O)N3CCCC(C(=O)CC(C)C)C3)cn2)CC1. The lowest BCUT2D eigenvalue weighted by Gasteiger charge is -2.33. The monoisotopic (exact) mass is 386 g/mol. The van der Waals surface area contributed by atoms with Gasteiger partial charge in [-0.1, -0.05) is 13.8 Å². The average Bonchev–Trinajstić information content (AvgIpc) is 2.73. The van der Waals surface area contributed by atoms with Crippen LogP contribution in [-0.4, -0.2) is 60.8 Å². The number of anilines is 1. The van der Waals surface area contributed by atoms with Crippen LogP contribution in [0, 0.1) is 11.8 Å². The Hall–Kier alpha value is -1.95. The van der Waals surface area contributed by atoms with Crippen molar-refractivity contribution in [1.82, 2.24) is 15.2 Å². The van der Waals surface area contributed by atoms with Gasteiger partial charge < -0.3 is 15.1 Å². The van der Waals surface area contributed by atoms with Crippen LogP contribution in [0.15, 0.2) is 18.3 Å². The van der Waals surface area contributed by atoms with Gasteiger partial charge in [0.25, 0.3) is 5.91 Å². The van der Waals surface area contributed by atoms with Crippen molar-refractivity contribution in [3.8, 4) is 0 Å². The highest BCUT2D eigenvalue weighted by Gasteiger charge is 2.29. The van der Waals surface area contributed by atoms with Crippen molar-refractivity contribution in [3.05, 3.63) is 23.9 Å². The third kappa shape index (κ3) is 5.10. The maximum atomic E-state index is 12.9. The van der Waals surface area contributed by atoms with Crippen molar-refractivity contribution in [2.24, 2.45) is 11.8 Å². The van der Waals surface area contributed by atoms with Crippen molar-refractivity contribution >= 4 is 17.5 Å². The van der Waals surface area contributed by atoms with E-state index in [0.717, 1.165) is 51.1 Å². The van der Waals surface area contributed by atoms with E-state index >= 15 is 0 Å². The number of nitrogens with one attached hydrogen (secondary N) is 1. The van der Waals surface area contributed by atoms with Crippen LogP contribution in [0.3, 0.4) is 0 Å². The van der Waals surface area contributed by atoms with Gasteiger partial charge in [0.15, 0.2) is 0 Å². The molecule has 3 heterocycles. The number of Topliss-reactive ketones (excluding diaryl/α,β-unsaturated/α-hetero) is 1. The van der Waals surface area contributed by atoms with Gasteiger partial charge in [0.2, 0.25) is 0 Å². The number of likely N-dealkylation sites (tertiary alicyclic amines) is 1. The van der Waals surface area contributed by atoms with E-state index in [-0.39, 0.29) is 11.8 Å². The zero-order valence-electron chi connectivity index (χ0n) is 17.5. The molecule has 0 aliphatic carbocycles. The minimum Gasteiger partial charge on any atom is -0.357 e. The van der Waals surface area contributed by atoms with E-state index in [2.05, 4.69) is 29.0 Å². The fraction of sp³-hybridized carbons (Fsp3) is 0.682. The van der Waals surface area contributed by atoms with Crippen LogP contribution in [0.2, 0.25) is 0 Å². The van der Waals surface area contributed by atoms with E-state index in [1.807, 2.05) is 24.1 Å². The second-order valence-corrected chi connectivity index (χ2v) is 8.61. The Balaban J connectivity index is 1.59. The predicted octanol–water partition coefficient (Wildman–Crippen LogP) is 2.74. The molecule has 1 aromatic heterocycles. The summed E-state index contributed by atoms with van der Waals surface area (Å²) < 4.78 is 0. The zero-order valence-corrected chi connectivity index (χ0v) is 17.5. The molecule has 1 atom stereocenters. The van der Waals surface area contributed by atoms with Crippen molar-refractivity contribution < 1.29 is 9.59 Å². The number of pyridine rings is 1. The third-order valence-electron chi connectivity index (χ3n) is 6.00. The van der Waals surface area contributed by atoms with E-state index in [0.29, 0.717) is 36.3 Å². The number of rotatable bonds is 6. The summed E-state index contributed by atoms with van der Waals surface area (Å²) in [5, 5.41) is 3.34. The highest BCUT2D eigenvalue weighted by molar-refractivity contribution is 5.94. The lowest BCUT2D eigenvalue weighted by atomic mass is 9.89. The van der Waals surface area contributed by atoms with E-state index in [4.69, 9.17) is 0 Å². The van der Waals surface area contributed by atoms with Crippen LogP contribution in [-0.2, 0) is 4.79 Å². The fourth-order valence-corrected chi connectivity index (χ4v) is 4.27. The van der Waals surface area contributed by atoms with E-state index in [1.54, 1.807) is 6.20 Å². The van der Waals surface area contributed by atoms with Gasteiger partial charge in [-0.25, -0.2) is 4.98 Å². The first kappa shape index (κ1) is 20.8. The molecule has 2 aliphatic rings. The van der Waals surface area contributed by atoms with E-state index < -0.39 is 0 Å². The summed E-state index contributed by atoms with van der Waals surface area (Å²) in [6.45, 7) is 7.37. The summed E-state index contributed by atoms with van der Waals surface area (Å²) in [6.07, 6.45) is 6.31. The molecule has 0 aromatic carbocycles. The summed E-state index contributed by atoms with van der Waals surface area (Å²) in [6, 6.07) is 4.43. The van der Waals surface area contributed by atoms with Gasteiger partial charge in [-0.15, -0.1) is 0 Å². The number of amides is 1. The average molecular weight is 387 g/mol. The van der Waals surface area contributed by atoms with Gasteiger partial charge in [-0.3, -0.25) is 9.59 Å². The molecular weight excluding hydrogens is 352 g/mol. The molecule has 154 valence electrons. The maximum absolute atomic E-state index is 12.9. The first-order valence-corrected chi connectivity index (χ1v) is 10.7. The molecule has 1 amide bonds. The molecule has 1 unspecified atom stereocenters. The molecular formula is C22H34N4O2. The van der Waals surface area contributed by atoms with Crippen LogP contribution in [0.4, 0.5) is 5.82 Å². The standard InChI is InChI=1S/C22H34N4O2/c1-16(2)13-20(27)18-5-4-10-26(15-18)22(28)17-6-7-21(24-14-17)25-11-8-19(23-3)9-12-25/h6-7,14,16,18-19,23H,4-5,8-13,15H2,1-3H3. The van der Waals surface area contributed by atoms with Gasteiger partial charge in [0.1, 0.15) is 11.6 Å². The normalized spacial score (nSPS) is 21.2. The Bertz CT molecular complexity index is 666. The molecule has 1 N–H and O–H groups in total. The second kappa shape index (κ2) is 9.50. The number of hydrogen-bond acceptors (Lipinski definition) is 5. The predicted molar refractivity (Wildman–Crippen MR) is 112 cm³/mol. The number of aromatic nitrogens is 1. The van der Waals surface area contributed by atoms with Gasteiger partial charge in [-0.2, -0.15) is 0 Å². The Kier molecular flexibility index (Phi) is 7.05. The van der Waals surface area contributed by atoms with Crippen LogP contribution in [0.25, 0.3) is 0 Å². The minimum atomic E-state index is -0.0131. The minimum absolute atomic E-state index is 0.00464. The Morgan fingerprint density at radius 3 is 2.54 bits per heavy atom. The third-order valence-corrected chi connectivity index (χ3v) is 6.00. The topological polar surface area (TPSA) is 65.5 Å². The molecule has 3 rings (SSSR count). The molecule has 2 saturated heterocycles. The zero-order chi connectivity index (χ0) is 20.1. The summed E-state index contributed by atoms with van der Waals surface area (Å²) in [5.41, 5.74) is 0.616. The molecule has 28 heavy (non-hydrogen) atoms. The molecule has 6 heteroatoms. The Morgan fingerprint density at radius 1 is 1.18 bits per heavy atom. The number of carbonyl (C=O) groups excluding carboxylic acids is 2. The van der Waals surface area contributed by atoms with Gasteiger partial charge in [0, 0.05) is 50.8 Å². The number of piperidine rings is 2. The Labute approximate surface area is 168 Å². The molecule has 1 aromatic rings. The van der Waals surface area contributed by atoms with Crippen LogP contribution in [0.5, 0.6) is 0 Å². The van der Waals surface area contributed by atoms with E-state index in [1.165, 1.54) is 0 Å². The quantitative estimate of drug-likeness (QED) is 0.814. The number of nitrogens with zero attached hydrogens (tertiary/aromatic N) is 3. The van der Waals surface area contributed by atoms with E-state index in [9.17, 15) is 9.59 Å². The molecule has 2 fully saturated rings. The first-order valence-electron chi connectivity index (χ1n) is 10.7. The molecule has 6 nitrogen and oxygen atoms in total. The van der Waals surface area contributed by atoms with Gasteiger partial charge in [0.05, 0.1) is 5.56 Å². The summed E-state index contributed by atoms with van der Waals surface area (Å²) in [5.74, 6) is 1.59. The summed E-state index contributed by atoms with van der Waals surface area (Å²) in [4.78, 5) is 34.0. The molecule has 0 radical (unpaired) electrons. The highest BCUT2D eigenvalue weighted by atomic mass is 16.2. The lowest BCUT2D eigenvalue weighted by molar-refractivity contribution is -0.124. The maximum Gasteiger partial charge on any atom is 0.255 e. The lowest BCUT2D eigenvalue weighted by Crippen LogP contribution is -2.42. The summed E-state index contributed by atoms with van der Waals surface area (Å²) >= 11 is 0. The number of carbonyl (C=O) groups is 2. The van der Waals surface area contributed by atoms with Gasteiger partial charge in [-0.05, 0) is 50.8 Å². The highest BCUT2D eigenvalue weighted by Crippen LogP contribution is 2.23. The second-order valence-electron chi connectivity index (χ2n) is 8.61. The van der Waals surface area contributed by atoms with Gasteiger partial charge >= 0.3 is 0 Å².